The van der Waals surface area contributed by atoms with Gasteiger partial charge in [0.25, 0.3) is 0 Å². The molecule has 0 saturated heterocycles. The Balaban J connectivity index is 1.93. The van der Waals surface area contributed by atoms with E-state index >= 15 is 0 Å². The molecule has 0 aliphatic rings. The van der Waals surface area contributed by atoms with Crippen molar-refractivity contribution in [3.8, 4) is 0 Å². The van der Waals surface area contributed by atoms with Crippen LogP contribution < -0.4 is 0 Å². The molecule has 3 heteroatoms. The number of aryl methyl sites for hydroxylation is 2. The van der Waals surface area contributed by atoms with Gasteiger partial charge in [-0.3, -0.25) is 4.79 Å². The van der Waals surface area contributed by atoms with Gasteiger partial charge in [-0.15, -0.1) is 17.9 Å². The molecule has 2 rings (SSSR count). The average molecular weight is 299 g/mol. The Labute approximate surface area is 130 Å². The Morgan fingerprint density at radius 1 is 1.33 bits per heavy atom. The summed E-state index contributed by atoms with van der Waals surface area (Å²) in [6.45, 7) is 7.11. The summed E-state index contributed by atoms with van der Waals surface area (Å²) in [6.07, 6.45) is 3.12. The van der Waals surface area contributed by atoms with Gasteiger partial charge in [0.15, 0.2) is 0 Å². The standard InChI is InChI=1S/C18H21NOS/c1-3-11-19(14-17-8-5-12-21-17)18(20)10-9-16-7-4-6-15(2)13-16/h3-8,12-13H,1,9-11,14H2,2H3. The molecule has 2 aromatic rings. The summed E-state index contributed by atoms with van der Waals surface area (Å²) in [7, 11) is 0. The maximum Gasteiger partial charge on any atom is 0.223 e. The van der Waals surface area contributed by atoms with Crippen LogP contribution in [0.1, 0.15) is 22.4 Å². The molecule has 1 amide bonds. The molecule has 21 heavy (non-hydrogen) atoms. The molecule has 0 bridgehead atoms. The van der Waals surface area contributed by atoms with Crippen LogP contribution in [0.15, 0.2) is 54.4 Å². The highest BCUT2D eigenvalue weighted by Crippen LogP contribution is 2.14. The fourth-order valence-corrected chi connectivity index (χ4v) is 3.00. The van der Waals surface area contributed by atoms with Gasteiger partial charge in [0.05, 0.1) is 6.54 Å². The summed E-state index contributed by atoms with van der Waals surface area (Å²) >= 11 is 1.68. The van der Waals surface area contributed by atoms with Crippen LogP contribution in [-0.2, 0) is 17.8 Å². The van der Waals surface area contributed by atoms with E-state index in [9.17, 15) is 4.79 Å². The quantitative estimate of drug-likeness (QED) is 0.702. The van der Waals surface area contributed by atoms with Crippen molar-refractivity contribution >= 4 is 17.2 Å². The van der Waals surface area contributed by atoms with Crippen LogP contribution in [0.5, 0.6) is 0 Å². The lowest BCUT2D eigenvalue weighted by molar-refractivity contribution is -0.131. The second kappa shape index (κ2) is 7.79. The van der Waals surface area contributed by atoms with E-state index in [0.29, 0.717) is 19.5 Å². The van der Waals surface area contributed by atoms with Crippen molar-refractivity contribution < 1.29 is 4.79 Å². The van der Waals surface area contributed by atoms with Crippen molar-refractivity contribution in [1.82, 2.24) is 4.90 Å². The molecule has 0 radical (unpaired) electrons. The van der Waals surface area contributed by atoms with Crippen molar-refractivity contribution in [3.05, 3.63) is 70.4 Å². The molecule has 0 fully saturated rings. The van der Waals surface area contributed by atoms with Crippen LogP contribution in [0, 0.1) is 6.92 Å². The Morgan fingerprint density at radius 3 is 2.86 bits per heavy atom. The summed E-state index contributed by atoms with van der Waals surface area (Å²) < 4.78 is 0. The molecule has 0 saturated carbocycles. The molecule has 2 nitrogen and oxygen atoms in total. The lowest BCUT2D eigenvalue weighted by atomic mass is 10.1. The predicted octanol–water partition coefficient (Wildman–Crippen LogP) is 4.20. The van der Waals surface area contributed by atoms with Crippen molar-refractivity contribution in [2.45, 2.75) is 26.3 Å². The Morgan fingerprint density at radius 2 is 2.19 bits per heavy atom. The summed E-state index contributed by atoms with van der Waals surface area (Å²) in [5, 5.41) is 2.04. The van der Waals surface area contributed by atoms with Crippen LogP contribution in [0.2, 0.25) is 0 Å². The first-order valence-electron chi connectivity index (χ1n) is 7.15. The fourth-order valence-electron chi connectivity index (χ4n) is 2.28. The van der Waals surface area contributed by atoms with Gasteiger partial charge >= 0.3 is 0 Å². The van der Waals surface area contributed by atoms with Crippen LogP contribution in [-0.4, -0.2) is 17.4 Å². The Kier molecular flexibility index (Phi) is 5.76. The van der Waals surface area contributed by atoms with Gasteiger partial charge in [-0.25, -0.2) is 0 Å². The molecule has 0 atom stereocenters. The van der Waals surface area contributed by atoms with Crippen LogP contribution >= 0.6 is 11.3 Å². The number of carbonyl (C=O) groups excluding carboxylic acids is 1. The van der Waals surface area contributed by atoms with Gasteiger partial charge in [-0.1, -0.05) is 42.0 Å². The highest BCUT2D eigenvalue weighted by atomic mass is 32.1. The minimum atomic E-state index is 0.185. The largest absolute Gasteiger partial charge is 0.334 e. The lowest BCUT2D eigenvalue weighted by Gasteiger charge is -2.20. The maximum absolute atomic E-state index is 12.4. The van der Waals surface area contributed by atoms with E-state index in [1.807, 2.05) is 22.4 Å². The molecule has 0 aliphatic carbocycles. The van der Waals surface area contributed by atoms with Crippen molar-refractivity contribution in [1.29, 1.82) is 0 Å². The van der Waals surface area contributed by atoms with Crippen LogP contribution in [0.25, 0.3) is 0 Å². The van der Waals surface area contributed by atoms with Crippen molar-refractivity contribution in [2.24, 2.45) is 0 Å². The maximum atomic E-state index is 12.4. The molecule has 1 aromatic carbocycles. The highest BCUT2D eigenvalue weighted by molar-refractivity contribution is 7.09. The van der Waals surface area contributed by atoms with E-state index in [1.165, 1.54) is 16.0 Å². The summed E-state index contributed by atoms with van der Waals surface area (Å²) in [5.74, 6) is 0.185. The number of amides is 1. The monoisotopic (exact) mass is 299 g/mol. The lowest BCUT2D eigenvalue weighted by Crippen LogP contribution is -2.30. The first-order valence-corrected chi connectivity index (χ1v) is 8.03. The second-order valence-electron chi connectivity index (χ2n) is 5.13. The Bertz CT molecular complexity index is 589. The number of thiophene rings is 1. The van der Waals surface area contributed by atoms with Crippen LogP contribution in [0.4, 0.5) is 0 Å². The van der Waals surface area contributed by atoms with Gasteiger partial charge in [0.1, 0.15) is 0 Å². The topological polar surface area (TPSA) is 20.3 Å². The second-order valence-corrected chi connectivity index (χ2v) is 6.16. The molecule has 0 aliphatic heterocycles. The zero-order valence-corrected chi connectivity index (χ0v) is 13.2. The van der Waals surface area contributed by atoms with E-state index in [4.69, 9.17) is 0 Å². The fraction of sp³-hybridized carbons (Fsp3) is 0.278. The number of benzene rings is 1. The molecule has 1 heterocycles. The van der Waals surface area contributed by atoms with Gasteiger partial charge in [0, 0.05) is 17.8 Å². The zero-order chi connectivity index (χ0) is 15.1. The molecule has 0 spiro atoms. The summed E-state index contributed by atoms with van der Waals surface area (Å²) in [5.41, 5.74) is 2.46. The third-order valence-electron chi connectivity index (χ3n) is 3.34. The highest BCUT2D eigenvalue weighted by Gasteiger charge is 2.13. The predicted molar refractivity (Wildman–Crippen MR) is 89.4 cm³/mol. The first kappa shape index (κ1) is 15.5. The number of rotatable bonds is 7. The number of carbonyl (C=O) groups is 1. The third-order valence-corrected chi connectivity index (χ3v) is 4.20. The van der Waals surface area contributed by atoms with E-state index < -0.39 is 0 Å². The van der Waals surface area contributed by atoms with E-state index in [0.717, 1.165) is 6.42 Å². The van der Waals surface area contributed by atoms with E-state index in [2.05, 4.69) is 37.8 Å². The first-order chi connectivity index (χ1) is 10.2. The minimum Gasteiger partial charge on any atom is -0.334 e. The van der Waals surface area contributed by atoms with Crippen molar-refractivity contribution in [2.75, 3.05) is 6.54 Å². The minimum absolute atomic E-state index is 0.185. The van der Waals surface area contributed by atoms with E-state index in [-0.39, 0.29) is 5.91 Å². The normalized spacial score (nSPS) is 10.3. The number of hydrogen-bond acceptors (Lipinski definition) is 2. The molecule has 110 valence electrons. The van der Waals surface area contributed by atoms with Gasteiger partial charge in [-0.2, -0.15) is 0 Å². The smallest absolute Gasteiger partial charge is 0.223 e. The third kappa shape index (κ3) is 4.87. The number of hydrogen-bond donors (Lipinski definition) is 0. The van der Waals surface area contributed by atoms with Gasteiger partial charge < -0.3 is 4.90 Å². The van der Waals surface area contributed by atoms with Crippen LogP contribution in [0.3, 0.4) is 0 Å². The number of nitrogens with zero attached hydrogens (tertiary/aromatic N) is 1. The molecule has 0 unspecified atom stereocenters. The molecular weight excluding hydrogens is 278 g/mol. The van der Waals surface area contributed by atoms with E-state index in [1.54, 1.807) is 17.4 Å². The Hall–Kier alpha value is -1.87. The van der Waals surface area contributed by atoms with Crippen molar-refractivity contribution in [3.63, 3.8) is 0 Å². The van der Waals surface area contributed by atoms with Gasteiger partial charge in [0.2, 0.25) is 5.91 Å². The summed E-state index contributed by atoms with van der Waals surface area (Å²) in [6, 6.07) is 12.4. The average Bonchev–Trinajstić information content (AvgIpc) is 2.97. The SMILES string of the molecule is C=CCN(Cc1cccs1)C(=O)CCc1cccc(C)c1. The van der Waals surface area contributed by atoms with Gasteiger partial charge in [-0.05, 0) is 30.4 Å². The molecular formula is C18H21NOS. The zero-order valence-electron chi connectivity index (χ0n) is 12.4. The molecule has 0 N–H and O–H groups in total. The molecule has 1 aromatic heterocycles. The summed E-state index contributed by atoms with van der Waals surface area (Å²) in [4.78, 5) is 15.5.